The van der Waals surface area contributed by atoms with Crippen molar-refractivity contribution in [1.29, 1.82) is 0 Å². The molecule has 3 N–H and O–H groups in total. The van der Waals surface area contributed by atoms with Gasteiger partial charge in [-0.1, -0.05) is 0 Å². The quantitative estimate of drug-likeness (QED) is 0.712. The molecule has 2 aromatic heterocycles. The molecule has 0 atom stereocenters. The standard InChI is InChI=1S/C17H27N5O2/c1-11-13(7-8-14(23)19-10-6-5-9-18)12(2)20-16-15(11)17(24-4)21-22(16)3/h5-10,18H2,1-4H3,(H,19,23). The van der Waals surface area contributed by atoms with Crippen LogP contribution in [0.1, 0.15) is 36.1 Å². The fraction of sp³-hybridized carbons (Fsp3) is 0.588. The van der Waals surface area contributed by atoms with Crippen LogP contribution in [0.15, 0.2) is 0 Å². The Morgan fingerprint density at radius 1 is 1.33 bits per heavy atom. The first-order valence-electron chi connectivity index (χ1n) is 8.33. The van der Waals surface area contributed by atoms with Crippen LogP contribution < -0.4 is 15.8 Å². The predicted molar refractivity (Wildman–Crippen MR) is 94.2 cm³/mol. The number of carbonyl (C=O) groups is 1. The van der Waals surface area contributed by atoms with Crippen molar-refractivity contribution in [3.8, 4) is 5.88 Å². The Morgan fingerprint density at radius 3 is 2.75 bits per heavy atom. The van der Waals surface area contributed by atoms with Crippen molar-refractivity contribution in [3.05, 3.63) is 16.8 Å². The van der Waals surface area contributed by atoms with E-state index in [2.05, 4.69) is 15.4 Å². The Kier molecular flexibility index (Phi) is 6.14. The maximum absolute atomic E-state index is 12.0. The van der Waals surface area contributed by atoms with Gasteiger partial charge in [-0.15, -0.1) is 5.10 Å². The van der Waals surface area contributed by atoms with Gasteiger partial charge in [0.25, 0.3) is 0 Å². The fourth-order valence-corrected chi connectivity index (χ4v) is 2.93. The number of hydrogen-bond donors (Lipinski definition) is 2. The number of unbranched alkanes of at least 4 members (excludes halogenated alkanes) is 1. The Balaban J connectivity index is 2.13. The molecule has 24 heavy (non-hydrogen) atoms. The second-order valence-electron chi connectivity index (χ2n) is 5.98. The number of fused-ring (bicyclic) bond motifs is 1. The van der Waals surface area contributed by atoms with Crippen LogP contribution in [0.3, 0.4) is 0 Å². The van der Waals surface area contributed by atoms with Crippen molar-refractivity contribution in [1.82, 2.24) is 20.1 Å². The van der Waals surface area contributed by atoms with Gasteiger partial charge in [-0.25, -0.2) is 9.67 Å². The highest BCUT2D eigenvalue weighted by Crippen LogP contribution is 2.30. The third-order valence-electron chi connectivity index (χ3n) is 4.27. The highest BCUT2D eigenvalue weighted by Gasteiger charge is 2.18. The number of methoxy groups -OCH3 is 1. The molecule has 0 spiro atoms. The van der Waals surface area contributed by atoms with E-state index < -0.39 is 0 Å². The van der Waals surface area contributed by atoms with Crippen LogP contribution >= 0.6 is 0 Å². The van der Waals surface area contributed by atoms with Gasteiger partial charge < -0.3 is 15.8 Å². The first kappa shape index (κ1) is 18.2. The molecule has 2 heterocycles. The van der Waals surface area contributed by atoms with Gasteiger partial charge in [-0.2, -0.15) is 0 Å². The highest BCUT2D eigenvalue weighted by atomic mass is 16.5. The molecule has 2 rings (SSSR count). The van der Waals surface area contributed by atoms with E-state index in [0.717, 1.165) is 40.7 Å². The summed E-state index contributed by atoms with van der Waals surface area (Å²) in [7, 11) is 3.46. The number of nitrogens with zero attached hydrogens (tertiary/aromatic N) is 3. The van der Waals surface area contributed by atoms with Crippen molar-refractivity contribution < 1.29 is 9.53 Å². The van der Waals surface area contributed by atoms with Crippen LogP contribution in [0.4, 0.5) is 0 Å². The van der Waals surface area contributed by atoms with Gasteiger partial charge in [0.05, 0.1) is 12.5 Å². The summed E-state index contributed by atoms with van der Waals surface area (Å²) in [4.78, 5) is 16.6. The second-order valence-corrected chi connectivity index (χ2v) is 5.98. The lowest BCUT2D eigenvalue weighted by atomic mass is 10.00. The van der Waals surface area contributed by atoms with Crippen molar-refractivity contribution in [3.63, 3.8) is 0 Å². The zero-order valence-electron chi connectivity index (χ0n) is 15.0. The molecule has 132 valence electrons. The highest BCUT2D eigenvalue weighted by molar-refractivity contribution is 5.86. The molecule has 0 unspecified atom stereocenters. The number of pyridine rings is 1. The zero-order chi connectivity index (χ0) is 17.7. The number of carbonyl (C=O) groups excluding carboxylic acids is 1. The Bertz CT molecular complexity index is 724. The number of hydrogen-bond acceptors (Lipinski definition) is 5. The van der Waals surface area contributed by atoms with Gasteiger partial charge in [0.1, 0.15) is 0 Å². The number of ether oxygens (including phenoxy) is 1. The molecular formula is C17H27N5O2. The zero-order valence-corrected chi connectivity index (χ0v) is 15.0. The predicted octanol–water partition coefficient (Wildman–Crippen LogP) is 1.38. The summed E-state index contributed by atoms with van der Waals surface area (Å²) in [5, 5.41) is 8.20. The van der Waals surface area contributed by atoms with Crippen LogP contribution in [0.2, 0.25) is 0 Å². The molecule has 0 saturated heterocycles. The number of rotatable bonds is 8. The average Bonchev–Trinajstić information content (AvgIpc) is 2.87. The lowest BCUT2D eigenvalue weighted by Gasteiger charge is -2.11. The minimum atomic E-state index is 0.0593. The Morgan fingerprint density at radius 2 is 2.08 bits per heavy atom. The number of nitrogens with one attached hydrogen (secondary N) is 1. The third kappa shape index (κ3) is 3.84. The molecule has 2 aromatic rings. The average molecular weight is 333 g/mol. The van der Waals surface area contributed by atoms with Gasteiger partial charge >= 0.3 is 0 Å². The molecule has 0 aliphatic rings. The first-order chi connectivity index (χ1) is 11.5. The number of amides is 1. The van der Waals surface area contributed by atoms with Gasteiger partial charge in [0.2, 0.25) is 11.8 Å². The fourth-order valence-electron chi connectivity index (χ4n) is 2.93. The van der Waals surface area contributed by atoms with Crippen molar-refractivity contribution >= 4 is 16.9 Å². The summed E-state index contributed by atoms with van der Waals surface area (Å²) in [6.07, 6.45) is 2.95. The number of nitrogens with two attached hydrogens (primary N) is 1. The first-order valence-corrected chi connectivity index (χ1v) is 8.33. The van der Waals surface area contributed by atoms with E-state index in [1.54, 1.807) is 11.8 Å². The molecule has 0 aliphatic heterocycles. The van der Waals surface area contributed by atoms with Gasteiger partial charge in [0, 0.05) is 25.7 Å². The van der Waals surface area contributed by atoms with Gasteiger partial charge in [-0.05, 0) is 50.8 Å². The molecule has 0 radical (unpaired) electrons. The van der Waals surface area contributed by atoms with Crippen molar-refractivity contribution in [2.45, 2.75) is 39.5 Å². The molecule has 7 nitrogen and oxygen atoms in total. The smallest absolute Gasteiger partial charge is 0.242 e. The minimum absolute atomic E-state index is 0.0593. The molecule has 0 aromatic carbocycles. The third-order valence-corrected chi connectivity index (χ3v) is 4.27. The maximum Gasteiger partial charge on any atom is 0.242 e. The number of aryl methyl sites for hydroxylation is 3. The van der Waals surface area contributed by atoms with Gasteiger partial charge in [0.15, 0.2) is 5.65 Å². The van der Waals surface area contributed by atoms with E-state index in [1.807, 2.05) is 20.9 Å². The molecule has 0 bridgehead atoms. The van der Waals surface area contributed by atoms with E-state index in [0.29, 0.717) is 31.8 Å². The molecular weight excluding hydrogens is 306 g/mol. The number of aromatic nitrogens is 3. The van der Waals surface area contributed by atoms with Crippen LogP contribution in [0, 0.1) is 13.8 Å². The Hall–Kier alpha value is -2.15. The molecule has 0 aliphatic carbocycles. The molecule has 7 heteroatoms. The largest absolute Gasteiger partial charge is 0.479 e. The van der Waals surface area contributed by atoms with E-state index in [1.165, 1.54) is 0 Å². The lowest BCUT2D eigenvalue weighted by molar-refractivity contribution is -0.121. The van der Waals surface area contributed by atoms with E-state index >= 15 is 0 Å². The van der Waals surface area contributed by atoms with Crippen LogP contribution in [0.25, 0.3) is 11.0 Å². The summed E-state index contributed by atoms with van der Waals surface area (Å²) >= 11 is 0. The van der Waals surface area contributed by atoms with E-state index in [9.17, 15) is 4.79 Å². The van der Waals surface area contributed by atoms with Crippen LogP contribution in [-0.4, -0.2) is 40.9 Å². The van der Waals surface area contributed by atoms with Crippen LogP contribution in [0.5, 0.6) is 5.88 Å². The SMILES string of the molecule is COc1nn(C)c2nc(C)c(CCC(=O)NCCCCN)c(C)c12. The van der Waals surface area contributed by atoms with Crippen LogP contribution in [-0.2, 0) is 18.3 Å². The summed E-state index contributed by atoms with van der Waals surface area (Å²) in [6.45, 7) is 5.35. The summed E-state index contributed by atoms with van der Waals surface area (Å²) in [5.41, 5.74) is 9.35. The van der Waals surface area contributed by atoms with Crippen molar-refractivity contribution in [2.24, 2.45) is 12.8 Å². The topological polar surface area (TPSA) is 95.1 Å². The normalized spacial score (nSPS) is 11.0. The second kappa shape index (κ2) is 8.10. The maximum atomic E-state index is 12.0. The van der Waals surface area contributed by atoms with Crippen molar-refractivity contribution in [2.75, 3.05) is 20.2 Å². The molecule has 1 amide bonds. The van der Waals surface area contributed by atoms with Gasteiger partial charge in [-0.3, -0.25) is 4.79 Å². The van der Waals surface area contributed by atoms with E-state index in [-0.39, 0.29) is 5.91 Å². The summed E-state index contributed by atoms with van der Waals surface area (Å²) < 4.78 is 7.09. The summed E-state index contributed by atoms with van der Waals surface area (Å²) in [6, 6.07) is 0. The molecule has 0 saturated carbocycles. The minimum Gasteiger partial charge on any atom is -0.479 e. The summed E-state index contributed by atoms with van der Waals surface area (Å²) in [5.74, 6) is 0.633. The Labute approximate surface area is 142 Å². The van der Waals surface area contributed by atoms with E-state index in [4.69, 9.17) is 10.5 Å². The lowest BCUT2D eigenvalue weighted by Crippen LogP contribution is -2.25. The monoisotopic (exact) mass is 333 g/mol. The molecule has 0 fully saturated rings.